The van der Waals surface area contributed by atoms with Crippen LogP contribution in [0.4, 0.5) is 0 Å². The van der Waals surface area contributed by atoms with Crippen LogP contribution in [0.3, 0.4) is 0 Å². The quantitative estimate of drug-likeness (QED) is 0.647. The zero-order valence-electron chi connectivity index (χ0n) is 14.7. The van der Waals surface area contributed by atoms with Crippen LogP contribution in [0.15, 0.2) is 17.0 Å². The van der Waals surface area contributed by atoms with Crippen molar-refractivity contribution in [3.05, 3.63) is 23.3 Å². The van der Waals surface area contributed by atoms with E-state index in [1.807, 2.05) is 12.1 Å². The van der Waals surface area contributed by atoms with Gasteiger partial charge in [-0.1, -0.05) is 41.5 Å². The van der Waals surface area contributed by atoms with Crippen LogP contribution in [0.25, 0.3) is 0 Å². The highest BCUT2D eigenvalue weighted by atomic mass is 32.2. The van der Waals surface area contributed by atoms with Crippen LogP contribution < -0.4 is 0 Å². The fraction of sp³-hybridized carbons (Fsp3) is 0.611. The Kier molecular flexibility index (Phi) is 5.96. The largest absolute Gasteiger partial charge is 0.507 e. The zero-order chi connectivity index (χ0) is 17.1. The van der Waals surface area contributed by atoms with Gasteiger partial charge in [-0.3, -0.25) is 4.79 Å². The number of carbonyl (C=O) groups is 1. The first-order valence-electron chi connectivity index (χ1n) is 7.63. The van der Waals surface area contributed by atoms with E-state index in [-0.39, 0.29) is 22.6 Å². The number of phenolic OH excluding ortho intramolecular Hbond substituents is 1. The second kappa shape index (κ2) is 6.95. The summed E-state index contributed by atoms with van der Waals surface area (Å²) in [6.45, 7) is 14.7. The Bertz CT molecular complexity index is 501. The molecule has 0 aliphatic rings. The summed E-state index contributed by atoms with van der Waals surface area (Å²) in [5.41, 5.74) is 1.49. The summed E-state index contributed by atoms with van der Waals surface area (Å²) in [6, 6.07) is 3.96. The number of ether oxygens (including phenoxy) is 1. The molecule has 1 aromatic rings. The molecule has 0 radical (unpaired) electrons. The molecule has 22 heavy (non-hydrogen) atoms. The van der Waals surface area contributed by atoms with E-state index in [1.165, 1.54) is 11.8 Å². The fourth-order valence-electron chi connectivity index (χ4n) is 2.18. The highest BCUT2D eigenvalue weighted by Crippen LogP contribution is 2.41. The van der Waals surface area contributed by atoms with Crippen molar-refractivity contribution in [3.63, 3.8) is 0 Å². The first kappa shape index (κ1) is 18.9. The number of esters is 1. The summed E-state index contributed by atoms with van der Waals surface area (Å²) in [5, 5.41) is 10.6. The molecule has 0 spiro atoms. The average Bonchev–Trinajstić information content (AvgIpc) is 2.35. The maximum atomic E-state index is 11.6. The zero-order valence-corrected chi connectivity index (χ0v) is 15.6. The first-order valence-corrected chi connectivity index (χ1v) is 8.61. The van der Waals surface area contributed by atoms with E-state index in [4.69, 9.17) is 4.74 Å². The SMILES string of the molecule is CCOC(=O)CSc1cc(C(C)(C)C)c(O)c(C(C)(C)C)c1. The number of thioether (sulfide) groups is 1. The highest BCUT2D eigenvalue weighted by molar-refractivity contribution is 8.00. The standard InChI is InChI=1S/C18H28O3S/c1-8-21-15(19)11-22-12-9-13(17(2,3)4)16(20)14(10-12)18(5,6)7/h9-10,20H,8,11H2,1-7H3. The second-order valence-corrected chi connectivity index (χ2v) is 8.51. The van der Waals surface area contributed by atoms with E-state index >= 15 is 0 Å². The van der Waals surface area contributed by atoms with E-state index in [9.17, 15) is 9.90 Å². The van der Waals surface area contributed by atoms with Gasteiger partial charge in [-0.05, 0) is 29.9 Å². The van der Waals surface area contributed by atoms with Crippen molar-refractivity contribution >= 4 is 17.7 Å². The molecule has 0 saturated heterocycles. The van der Waals surface area contributed by atoms with Crippen LogP contribution in [0.2, 0.25) is 0 Å². The smallest absolute Gasteiger partial charge is 0.316 e. The van der Waals surface area contributed by atoms with Crippen molar-refractivity contribution in [2.45, 2.75) is 64.2 Å². The van der Waals surface area contributed by atoms with E-state index in [2.05, 4.69) is 41.5 Å². The topological polar surface area (TPSA) is 46.5 Å². The van der Waals surface area contributed by atoms with Crippen molar-refractivity contribution < 1.29 is 14.6 Å². The van der Waals surface area contributed by atoms with Crippen LogP contribution in [0, 0.1) is 0 Å². The Hall–Kier alpha value is -1.16. The molecular formula is C18H28O3S. The predicted molar refractivity (Wildman–Crippen MR) is 92.9 cm³/mol. The second-order valence-electron chi connectivity index (χ2n) is 7.46. The Balaban J connectivity index is 3.21. The van der Waals surface area contributed by atoms with Gasteiger partial charge in [0.25, 0.3) is 0 Å². The molecule has 0 aliphatic carbocycles. The van der Waals surface area contributed by atoms with E-state index in [0.29, 0.717) is 12.4 Å². The van der Waals surface area contributed by atoms with Gasteiger partial charge in [0.1, 0.15) is 5.75 Å². The number of rotatable bonds is 4. The molecule has 0 bridgehead atoms. The molecule has 0 heterocycles. The van der Waals surface area contributed by atoms with Gasteiger partial charge in [0.15, 0.2) is 0 Å². The highest BCUT2D eigenvalue weighted by Gasteiger charge is 2.26. The van der Waals surface area contributed by atoms with Gasteiger partial charge in [-0.25, -0.2) is 0 Å². The Morgan fingerprint density at radius 2 is 1.55 bits per heavy atom. The molecule has 0 unspecified atom stereocenters. The number of aromatic hydroxyl groups is 1. The third-order valence-corrected chi connectivity index (χ3v) is 4.31. The lowest BCUT2D eigenvalue weighted by molar-refractivity contribution is -0.139. The molecule has 3 nitrogen and oxygen atoms in total. The summed E-state index contributed by atoms with van der Waals surface area (Å²) >= 11 is 1.45. The third-order valence-electron chi connectivity index (χ3n) is 3.36. The van der Waals surface area contributed by atoms with Gasteiger partial charge in [0.2, 0.25) is 0 Å². The predicted octanol–water partition coefficient (Wildman–Crippen LogP) is 4.64. The van der Waals surface area contributed by atoms with Gasteiger partial charge in [0, 0.05) is 16.0 Å². The van der Waals surface area contributed by atoms with Gasteiger partial charge in [-0.15, -0.1) is 11.8 Å². The normalized spacial score (nSPS) is 12.3. The summed E-state index contributed by atoms with van der Waals surface area (Å²) in [7, 11) is 0. The Labute approximate surface area is 138 Å². The molecule has 0 aliphatic heterocycles. The van der Waals surface area contributed by atoms with Crippen molar-refractivity contribution in [2.75, 3.05) is 12.4 Å². The van der Waals surface area contributed by atoms with Crippen LogP contribution in [0.1, 0.15) is 59.6 Å². The maximum absolute atomic E-state index is 11.6. The molecule has 124 valence electrons. The summed E-state index contributed by atoms with van der Waals surface area (Å²) in [6.07, 6.45) is 0. The van der Waals surface area contributed by atoms with Crippen molar-refractivity contribution in [1.29, 1.82) is 0 Å². The maximum Gasteiger partial charge on any atom is 0.316 e. The Morgan fingerprint density at radius 3 is 1.91 bits per heavy atom. The van der Waals surface area contributed by atoms with Crippen LogP contribution in [0.5, 0.6) is 5.75 Å². The number of carbonyl (C=O) groups excluding carboxylic acids is 1. The van der Waals surface area contributed by atoms with Gasteiger partial charge < -0.3 is 9.84 Å². The first-order chi connectivity index (χ1) is 9.96. The lowest BCUT2D eigenvalue weighted by atomic mass is 9.79. The lowest BCUT2D eigenvalue weighted by Crippen LogP contribution is -2.17. The van der Waals surface area contributed by atoms with E-state index < -0.39 is 0 Å². The molecule has 0 aromatic heterocycles. The molecule has 0 fully saturated rings. The molecular weight excluding hydrogens is 296 g/mol. The molecule has 1 aromatic carbocycles. The number of hydrogen-bond acceptors (Lipinski definition) is 4. The van der Waals surface area contributed by atoms with Crippen LogP contribution in [-0.4, -0.2) is 23.4 Å². The van der Waals surface area contributed by atoms with Crippen LogP contribution in [-0.2, 0) is 20.4 Å². The van der Waals surface area contributed by atoms with E-state index in [0.717, 1.165) is 16.0 Å². The van der Waals surface area contributed by atoms with Gasteiger partial charge >= 0.3 is 5.97 Å². The van der Waals surface area contributed by atoms with Gasteiger partial charge in [-0.2, -0.15) is 0 Å². The minimum Gasteiger partial charge on any atom is -0.507 e. The summed E-state index contributed by atoms with van der Waals surface area (Å²) in [4.78, 5) is 12.5. The van der Waals surface area contributed by atoms with Gasteiger partial charge in [0.05, 0.1) is 12.4 Å². The summed E-state index contributed by atoms with van der Waals surface area (Å²) in [5.74, 6) is 0.432. The van der Waals surface area contributed by atoms with Crippen molar-refractivity contribution in [1.82, 2.24) is 0 Å². The monoisotopic (exact) mass is 324 g/mol. The van der Waals surface area contributed by atoms with E-state index in [1.54, 1.807) is 6.92 Å². The number of benzene rings is 1. The minimum atomic E-state index is -0.213. The van der Waals surface area contributed by atoms with Crippen LogP contribution >= 0.6 is 11.8 Å². The number of phenols is 1. The molecule has 0 atom stereocenters. The lowest BCUT2D eigenvalue weighted by Gasteiger charge is -2.28. The average molecular weight is 324 g/mol. The molecule has 0 amide bonds. The summed E-state index contributed by atoms with van der Waals surface area (Å²) < 4.78 is 4.97. The van der Waals surface area contributed by atoms with Crippen molar-refractivity contribution in [3.8, 4) is 5.75 Å². The fourth-order valence-corrected chi connectivity index (χ4v) is 2.95. The molecule has 1 rings (SSSR count). The minimum absolute atomic E-state index is 0.162. The Morgan fingerprint density at radius 1 is 1.09 bits per heavy atom. The number of hydrogen-bond donors (Lipinski definition) is 1. The molecule has 0 saturated carbocycles. The third kappa shape index (κ3) is 4.94. The molecule has 4 heteroatoms. The van der Waals surface area contributed by atoms with Crippen molar-refractivity contribution in [2.24, 2.45) is 0 Å². The molecule has 1 N–H and O–H groups in total.